The molecule has 0 N–H and O–H groups in total. The normalized spacial score (nSPS) is 13.8. The molecule has 0 aliphatic rings. The van der Waals surface area contributed by atoms with Crippen LogP contribution < -0.4 is 0 Å². The lowest BCUT2D eigenvalue weighted by Gasteiger charge is -2.20. The first-order valence-electron chi connectivity index (χ1n) is 5.77. The van der Waals surface area contributed by atoms with Gasteiger partial charge in [-0.1, -0.05) is 41.2 Å². The van der Waals surface area contributed by atoms with Gasteiger partial charge < -0.3 is 0 Å². The van der Waals surface area contributed by atoms with Crippen molar-refractivity contribution in [3.63, 3.8) is 0 Å². The Morgan fingerprint density at radius 2 is 2.06 bits per heavy atom. The van der Waals surface area contributed by atoms with Crippen LogP contribution in [0.4, 0.5) is 0 Å². The summed E-state index contributed by atoms with van der Waals surface area (Å²) in [5, 5.41) is 5.83. The van der Waals surface area contributed by atoms with Gasteiger partial charge in [-0.05, 0) is 12.3 Å². The fourth-order valence-corrected chi connectivity index (χ4v) is 0.842. The molecule has 1 unspecified atom stereocenters. The van der Waals surface area contributed by atoms with Crippen molar-refractivity contribution < 1.29 is 4.79 Å². The van der Waals surface area contributed by atoms with Gasteiger partial charge in [0, 0.05) is 17.8 Å². The highest BCUT2D eigenvalue weighted by Crippen LogP contribution is 2.15. The van der Waals surface area contributed by atoms with Crippen molar-refractivity contribution >= 4 is 12.0 Å². The summed E-state index contributed by atoms with van der Waals surface area (Å²) in [6.45, 7) is 13.9. The van der Waals surface area contributed by atoms with Gasteiger partial charge in [0.15, 0.2) is 5.78 Å². The van der Waals surface area contributed by atoms with Gasteiger partial charge in [0.1, 0.15) is 0 Å². The molecule has 0 spiro atoms. The number of hydrazone groups is 1. The minimum absolute atomic E-state index is 0.161. The fraction of sp³-hybridized carbons (Fsp3) is 0.692. The lowest BCUT2D eigenvalue weighted by Crippen LogP contribution is -2.30. The van der Waals surface area contributed by atoms with E-state index in [9.17, 15) is 4.79 Å². The van der Waals surface area contributed by atoms with Crippen LogP contribution in [0.3, 0.4) is 0 Å². The van der Waals surface area contributed by atoms with Crippen LogP contribution in [-0.4, -0.2) is 23.6 Å². The van der Waals surface area contributed by atoms with E-state index in [2.05, 4.69) is 25.5 Å². The summed E-state index contributed by atoms with van der Waals surface area (Å²) in [6, 6.07) is 0. The molecule has 0 saturated heterocycles. The van der Waals surface area contributed by atoms with E-state index in [1.54, 1.807) is 11.2 Å². The van der Waals surface area contributed by atoms with E-state index < -0.39 is 0 Å². The molecular weight excluding hydrogens is 200 g/mol. The van der Waals surface area contributed by atoms with Gasteiger partial charge >= 0.3 is 0 Å². The van der Waals surface area contributed by atoms with Crippen LogP contribution in [0.2, 0.25) is 0 Å². The molecule has 16 heavy (non-hydrogen) atoms. The summed E-state index contributed by atoms with van der Waals surface area (Å²) in [7, 11) is 0. The minimum atomic E-state index is -0.326. The largest absolute Gasteiger partial charge is 0.297 e. The Bertz CT molecular complexity index is 264. The maximum atomic E-state index is 11.8. The Morgan fingerprint density at radius 1 is 1.50 bits per heavy atom. The first kappa shape index (κ1) is 14.9. The van der Waals surface area contributed by atoms with Crippen LogP contribution in [0.5, 0.6) is 0 Å². The third kappa shape index (κ3) is 5.69. The van der Waals surface area contributed by atoms with Crippen molar-refractivity contribution in [1.29, 1.82) is 0 Å². The van der Waals surface area contributed by atoms with Gasteiger partial charge in [0.05, 0.1) is 6.54 Å². The molecule has 3 nitrogen and oxygen atoms in total. The molecule has 0 amide bonds. The lowest BCUT2D eigenvalue weighted by molar-refractivity contribution is -0.126. The number of carbonyl (C=O) groups is 1. The number of Topliss-reactive ketones (excluding diaryl/α,β-unsaturated/α-hetero) is 1. The van der Waals surface area contributed by atoms with Gasteiger partial charge in [-0.25, -0.2) is 0 Å². The number of ketones is 1. The molecule has 0 aromatic heterocycles. The summed E-state index contributed by atoms with van der Waals surface area (Å²) < 4.78 is 0. The molecule has 0 fully saturated rings. The van der Waals surface area contributed by atoms with Crippen molar-refractivity contribution in [1.82, 2.24) is 5.01 Å². The molecule has 3 heteroatoms. The van der Waals surface area contributed by atoms with Crippen LogP contribution >= 0.6 is 0 Å². The second kappa shape index (κ2) is 6.46. The zero-order valence-electron chi connectivity index (χ0n) is 11.2. The van der Waals surface area contributed by atoms with Crippen LogP contribution in [0, 0.1) is 11.3 Å². The van der Waals surface area contributed by atoms with Crippen molar-refractivity contribution in [2.24, 2.45) is 16.4 Å². The lowest BCUT2D eigenvalue weighted by atomic mass is 9.91. The summed E-state index contributed by atoms with van der Waals surface area (Å²) in [4.78, 5) is 11.8. The second-order valence-electron chi connectivity index (χ2n) is 5.10. The molecule has 0 bridgehead atoms. The van der Waals surface area contributed by atoms with Crippen molar-refractivity contribution in [2.45, 2.75) is 41.0 Å². The standard InChI is InChI=1S/C13H24N2O/c1-7-11(3)9-14-15(8-2)10-12(16)13(4,5)6/h8-9,11H,2,7,10H2,1,3-6H3/b14-9-. The summed E-state index contributed by atoms with van der Waals surface area (Å²) in [6.07, 6.45) is 4.49. The summed E-state index contributed by atoms with van der Waals surface area (Å²) in [5.74, 6) is 0.584. The van der Waals surface area contributed by atoms with E-state index in [4.69, 9.17) is 0 Å². The van der Waals surface area contributed by atoms with E-state index in [1.807, 2.05) is 27.0 Å². The highest BCUT2D eigenvalue weighted by molar-refractivity contribution is 5.85. The maximum Gasteiger partial charge on any atom is 0.159 e. The number of hydrogen-bond donors (Lipinski definition) is 0. The average Bonchev–Trinajstić information content (AvgIpc) is 2.21. The summed E-state index contributed by atoms with van der Waals surface area (Å²) >= 11 is 0. The van der Waals surface area contributed by atoms with Crippen molar-refractivity contribution in [3.8, 4) is 0 Å². The molecule has 0 aromatic rings. The van der Waals surface area contributed by atoms with E-state index in [-0.39, 0.29) is 11.2 Å². The van der Waals surface area contributed by atoms with Crippen LogP contribution in [0.1, 0.15) is 41.0 Å². The SMILES string of the molecule is C=CN(CC(=O)C(C)(C)C)/N=C\C(C)CC. The Balaban J connectivity index is 4.37. The van der Waals surface area contributed by atoms with E-state index in [0.29, 0.717) is 12.5 Å². The number of nitrogens with zero attached hydrogens (tertiary/aromatic N) is 2. The first-order valence-corrected chi connectivity index (χ1v) is 5.77. The highest BCUT2D eigenvalue weighted by atomic mass is 16.1. The Kier molecular flexibility index (Phi) is 6.01. The van der Waals surface area contributed by atoms with E-state index in [0.717, 1.165) is 6.42 Å². The smallest absolute Gasteiger partial charge is 0.159 e. The monoisotopic (exact) mass is 224 g/mol. The van der Waals surface area contributed by atoms with Gasteiger partial charge in [-0.15, -0.1) is 0 Å². The number of hydrogen-bond acceptors (Lipinski definition) is 3. The maximum absolute atomic E-state index is 11.8. The minimum Gasteiger partial charge on any atom is -0.297 e. The molecule has 1 atom stereocenters. The molecule has 0 radical (unpaired) electrons. The van der Waals surface area contributed by atoms with Crippen molar-refractivity contribution in [2.75, 3.05) is 6.54 Å². The molecule has 0 rings (SSSR count). The van der Waals surface area contributed by atoms with E-state index >= 15 is 0 Å². The molecule has 0 aromatic carbocycles. The average molecular weight is 224 g/mol. The zero-order chi connectivity index (χ0) is 12.8. The molecule has 0 aliphatic heterocycles. The Morgan fingerprint density at radius 3 is 2.44 bits per heavy atom. The van der Waals surface area contributed by atoms with E-state index in [1.165, 1.54) is 0 Å². The van der Waals surface area contributed by atoms with Gasteiger partial charge in [-0.3, -0.25) is 9.80 Å². The molecule has 0 saturated carbocycles. The highest BCUT2D eigenvalue weighted by Gasteiger charge is 2.22. The summed E-state index contributed by atoms with van der Waals surface area (Å²) in [5.41, 5.74) is -0.326. The third-order valence-electron chi connectivity index (χ3n) is 2.47. The first-order chi connectivity index (χ1) is 7.31. The molecular formula is C13H24N2O. The van der Waals surface area contributed by atoms with Crippen LogP contribution in [0.25, 0.3) is 0 Å². The molecule has 0 heterocycles. The van der Waals surface area contributed by atoms with Gasteiger partial charge in [0.25, 0.3) is 0 Å². The van der Waals surface area contributed by atoms with Crippen molar-refractivity contribution in [3.05, 3.63) is 12.8 Å². The quantitative estimate of drug-likeness (QED) is 0.513. The van der Waals surface area contributed by atoms with Crippen LogP contribution in [-0.2, 0) is 4.79 Å². The predicted molar refractivity (Wildman–Crippen MR) is 69.3 cm³/mol. The predicted octanol–water partition coefficient (Wildman–Crippen LogP) is 3.08. The Hall–Kier alpha value is -1.12. The third-order valence-corrected chi connectivity index (χ3v) is 2.47. The molecule has 0 aliphatic carbocycles. The second-order valence-corrected chi connectivity index (χ2v) is 5.10. The molecule has 92 valence electrons. The zero-order valence-corrected chi connectivity index (χ0v) is 11.2. The van der Waals surface area contributed by atoms with Gasteiger partial charge in [-0.2, -0.15) is 5.10 Å². The van der Waals surface area contributed by atoms with Crippen LogP contribution in [0.15, 0.2) is 17.9 Å². The van der Waals surface area contributed by atoms with Gasteiger partial charge in [0.2, 0.25) is 0 Å². The number of rotatable bonds is 6. The Labute approximate surface area is 99.2 Å². The fourth-order valence-electron chi connectivity index (χ4n) is 0.842. The topological polar surface area (TPSA) is 32.7 Å². The number of carbonyl (C=O) groups excluding carboxylic acids is 1.